The Hall–Kier alpha value is -0.440. The van der Waals surface area contributed by atoms with Crippen molar-refractivity contribution in [2.24, 2.45) is 0 Å². The predicted octanol–water partition coefficient (Wildman–Crippen LogP) is 2.56. The Bertz CT molecular complexity index is 240. The summed E-state index contributed by atoms with van der Waals surface area (Å²) in [4.78, 5) is 7.69. The molecule has 2 nitrogen and oxygen atoms in total. The highest BCUT2D eigenvalue weighted by Crippen LogP contribution is 2.20. The predicted molar refractivity (Wildman–Crippen MR) is 49.2 cm³/mol. The molecule has 0 aliphatic heterocycles. The fourth-order valence-electron chi connectivity index (χ4n) is 0.938. The molecular weight excluding hydrogens is 156 g/mol. The molecule has 0 radical (unpaired) electrons. The van der Waals surface area contributed by atoms with E-state index < -0.39 is 0 Å². The highest BCUT2D eigenvalue weighted by Gasteiger charge is 2.07. The second kappa shape index (κ2) is 3.30. The average Bonchev–Trinajstić information content (AvgIpc) is 2.31. The third-order valence-corrected chi connectivity index (χ3v) is 2.42. The Morgan fingerprint density at radius 1 is 1.45 bits per heavy atom. The molecule has 1 rings (SSSR count). The summed E-state index contributed by atoms with van der Waals surface area (Å²) in [5.41, 5.74) is 1.11. The zero-order valence-corrected chi connectivity index (χ0v) is 8.25. The van der Waals surface area contributed by atoms with Gasteiger partial charge in [0, 0.05) is 5.92 Å². The quantitative estimate of drug-likeness (QED) is 0.691. The Morgan fingerprint density at radius 3 is 2.36 bits per heavy atom. The van der Waals surface area contributed by atoms with Gasteiger partial charge in [0.25, 0.3) is 0 Å². The van der Waals surface area contributed by atoms with Crippen molar-refractivity contribution < 1.29 is 0 Å². The first-order chi connectivity index (χ1) is 5.15. The van der Waals surface area contributed by atoms with Crippen LogP contribution in [-0.2, 0) is 0 Å². The molecule has 1 N–H and O–H groups in total. The van der Waals surface area contributed by atoms with Crippen LogP contribution in [0.25, 0.3) is 0 Å². The first-order valence-electron chi connectivity index (χ1n) is 3.75. The van der Waals surface area contributed by atoms with E-state index in [4.69, 9.17) is 0 Å². The van der Waals surface area contributed by atoms with Crippen LogP contribution < -0.4 is 0 Å². The largest absolute Gasteiger partial charge is 0.337 e. The van der Waals surface area contributed by atoms with E-state index in [1.807, 2.05) is 6.92 Å². The maximum absolute atomic E-state index is 4.40. The number of hydrogen-bond donors (Lipinski definition) is 1. The number of rotatable bonds is 2. The van der Waals surface area contributed by atoms with Crippen molar-refractivity contribution in [2.75, 3.05) is 6.26 Å². The minimum Gasteiger partial charge on any atom is -0.337 e. The van der Waals surface area contributed by atoms with Gasteiger partial charge in [-0.1, -0.05) is 13.8 Å². The molecule has 62 valence electrons. The highest BCUT2D eigenvalue weighted by atomic mass is 32.2. The van der Waals surface area contributed by atoms with Gasteiger partial charge < -0.3 is 4.98 Å². The van der Waals surface area contributed by atoms with Gasteiger partial charge in [-0.15, -0.1) is 11.8 Å². The van der Waals surface area contributed by atoms with Gasteiger partial charge in [0.2, 0.25) is 0 Å². The number of nitrogens with one attached hydrogen (secondary N) is 1. The van der Waals surface area contributed by atoms with Crippen molar-refractivity contribution in [1.82, 2.24) is 9.97 Å². The molecule has 1 aromatic rings. The van der Waals surface area contributed by atoms with Crippen molar-refractivity contribution in [1.29, 1.82) is 0 Å². The Balaban J connectivity index is 2.95. The fourth-order valence-corrected chi connectivity index (χ4v) is 1.49. The van der Waals surface area contributed by atoms with E-state index in [1.54, 1.807) is 11.8 Å². The minimum absolute atomic E-state index is 0.495. The van der Waals surface area contributed by atoms with Crippen molar-refractivity contribution in [3.8, 4) is 0 Å². The maximum atomic E-state index is 4.40. The lowest BCUT2D eigenvalue weighted by atomic mass is 10.2. The maximum Gasteiger partial charge on any atom is 0.109 e. The summed E-state index contributed by atoms with van der Waals surface area (Å²) in [6.07, 6.45) is 2.06. The number of aromatic nitrogens is 2. The lowest BCUT2D eigenvalue weighted by molar-refractivity contribution is 0.786. The molecule has 0 aliphatic rings. The fraction of sp³-hybridized carbons (Fsp3) is 0.625. The third kappa shape index (κ3) is 1.77. The van der Waals surface area contributed by atoms with Crippen molar-refractivity contribution in [3.63, 3.8) is 0 Å². The van der Waals surface area contributed by atoms with Crippen molar-refractivity contribution in [3.05, 3.63) is 11.5 Å². The molecule has 0 spiro atoms. The highest BCUT2D eigenvalue weighted by molar-refractivity contribution is 7.98. The second-order valence-electron chi connectivity index (χ2n) is 2.90. The van der Waals surface area contributed by atoms with E-state index in [2.05, 4.69) is 30.1 Å². The van der Waals surface area contributed by atoms with Gasteiger partial charge in [0.1, 0.15) is 5.82 Å². The summed E-state index contributed by atoms with van der Waals surface area (Å²) < 4.78 is 0. The van der Waals surface area contributed by atoms with Gasteiger partial charge in [-0.25, -0.2) is 4.98 Å². The van der Waals surface area contributed by atoms with E-state index >= 15 is 0 Å². The second-order valence-corrected chi connectivity index (χ2v) is 3.71. The van der Waals surface area contributed by atoms with Gasteiger partial charge in [-0.3, -0.25) is 0 Å². The Morgan fingerprint density at radius 2 is 2.09 bits per heavy atom. The zero-order valence-electron chi connectivity index (χ0n) is 7.43. The van der Waals surface area contributed by atoms with Crippen LogP contribution >= 0.6 is 11.8 Å². The smallest absolute Gasteiger partial charge is 0.109 e. The van der Waals surface area contributed by atoms with Crippen LogP contribution in [0.4, 0.5) is 0 Å². The number of thioether (sulfide) groups is 1. The molecule has 0 saturated heterocycles. The van der Waals surface area contributed by atoms with Crippen molar-refractivity contribution in [2.45, 2.75) is 31.7 Å². The normalized spacial score (nSPS) is 11.0. The molecule has 0 amide bonds. The lowest BCUT2D eigenvalue weighted by Gasteiger charge is -1.96. The standard InChI is InChI=1S/C8H14N2S/c1-5(2)7-9-6(3)8(10-7)11-4/h5H,1-4H3,(H,9,10). The van der Waals surface area contributed by atoms with Crippen LogP contribution in [0, 0.1) is 6.92 Å². The molecule has 0 atom stereocenters. The molecule has 0 bridgehead atoms. The Labute approximate surface area is 71.8 Å². The summed E-state index contributed by atoms with van der Waals surface area (Å²) in [6.45, 7) is 6.32. The molecule has 1 aromatic heterocycles. The van der Waals surface area contributed by atoms with Gasteiger partial charge in [-0.2, -0.15) is 0 Å². The molecule has 3 heteroatoms. The van der Waals surface area contributed by atoms with E-state index in [9.17, 15) is 0 Å². The number of hydrogen-bond acceptors (Lipinski definition) is 2. The van der Waals surface area contributed by atoms with E-state index in [0.717, 1.165) is 11.5 Å². The van der Waals surface area contributed by atoms with E-state index in [1.165, 1.54) is 5.03 Å². The molecular formula is C8H14N2S. The Kier molecular flexibility index (Phi) is 2.60. The molecule has 0 saturated carbocycles. The molecule has 0 aromatic carbocycles. The summed E-state index contributed by atoms with van der Waals surface area (Å²) in [7, 11) is 0. The monoisotopic (exact) mass is 170 g/mol. The topological polar surface area (TPSA) is 28.7 Å². The average molecular weight is 170 g/mol. The zero-order chi connectivity index (χ0) is 8.43. The van der Waals surface area contributed by atoms with Gasteiger partial charge in [0.15, 0.2) is 0 Å². The number of nitrogens with zero attached hydrogens (tertiary/aromatic N) is 1. The van der Waals surface area contributed by atoms with Crippen molar-refractivity contribution >= 4 is 11.8 Å². The summed E-state index contributed by atoms with van der Waals surface area (Å²) in [5.74, 6) is 1.58. The van der Waals surface area contributed by atoms with E-state index in [-0.39, 0.29) is 0 Å². The minimum atomic E-state index is 0.495. The third-order valence-electron chi connectivity index (χ3n) is 1.61. The summed E-state index contributed by atoms with van der Waals surface area (Å²) in [6, 6.07) is 0. The summed E-state index contributed by atoms with van der Waals surface area (Å²) >= 11 is 1.72. The lowest BCUT2D eigenvalue weighted by Crippen LogP contribution is -1.89. The van der Waals surface area contributed by atoms with Crippen LogP contribution in [0.1, 0.15) is 31.3 Å². The molecule has 11 heavy (non-hydrogen) atoms. The SMILES string of the molecule is CSc1[nH]c(C(C)C)nc1C. The first-order valence-corrected chi connectivity index (χ1v) is 4.98. The van der Waals surface area contributed by atoms with Crippen LogP contribution in [-0.4, -0.2) is 16.2 Å². The van der Waals surface area contributed by atoms with E-state index in [0.29, 0.717) is 5.92 Å². The van der Waals surface area contributed by atoms with Crippen LogP contribution in [0.5, 0.6) is 0 Å². The first kappa shape index (κ1) is 8.65. The number of imidazole rings is 1. The molecule has 0 aliphatic carbocycles. The van der Waals surface area contributed by atoms with Crippen LogP contribution in [0.3, 0.4) is 0 Å². The van der Waals surface area contributed by atoms with Crippen LogP contribution in [0.15, 0.2) is 5.03 Å². The van der Waals surface area contributed by atoms with Gasteiger partial charge >= 0.3 is 0 Å². The number of H-pyrrole nitrogens is 1. The van der Waals surface area contributed by atoms with Gasteiger partial charge in [0.05, 0.1) is 10.7 Å². The molecule has 0 unspecified atom stereocenters. The van der Waals surface area contributed by atoms with Gasteiger partial charge in [-0.05, 0) is 13.2 Å². The molecule has 0 fully saturated rings. The molecule has 1 heterocycles. The number of aryl methyl sites for hydroxylation is 1. The van der Waals surface area contributed by atoms with Crippen LogP contribution in [0.2, 0.25) is 0 Å². The number of aromatic amines is 1. The summed E-state index contributed by atoms with van der Waals surface area (Å²) in [5, 5.41) is 1.19.